The van der Waals surface area contributed by atoms with Crippen LogP contribution < -0.4 is 10.5 Å². The largest absolute Gasteiger partial charge is 0.379 e. The van der Waals surface area contributed by atoms with Gasteiger partial charge < -0.3 is 5.32 Å². The molecule has 31 heavy (non-hydrogen) atoms. The molecule has 0 aliphatic rings. The van der Waals surface area contributed by atoms with E-state index in [4.69, 9.17) is 10.2 Å². The van der Waals surface area contributed by atoms with Gasteiger partial charge in [0.15, 0.2) is 0 Å². The van der Waals surface area contributed by atoms with Gasteiger partial charge in [0, 0.05) is 11.3 Å². The van der Waals surface area contributed by atoms with E-state index in [0.29, 0.717) is 6.54 Å². The summed E-state index contributed by atoms with van der Waals surface area (Å²) < 4.78 is 25.0. The van der Waals surface area contributed by atoms with Crippen molar-refractivity contribution in [2.45, 2.75) is 24.8 Å². The standard InChI is InChI=1S/C24H24N4O2S/c1-2-18-8-10-19(11-9-18)24-16-21(17-26-20-6-4-3-5-7-20)27-28(24)22-12-14-23(15-13-22)31(25,29)30/h3-16,26H,2,17H2,1H3,(H2,25,29,30). The number of benzene rings is 3. The first-order valence-electron chi connectivity index (χ1n) is 10.0. The summed E-state index contributed by atoms with van der Waals surface area (Å²) in [5.41, 5.74) is 5.87. The molecule has 1 heterocycles. The van der Waals surface area contributed by atoms with Crippen LogP contribution >= 0.6 is 0 Å². The highest BCUT2D eigenvalue weighted by Gasteiger charge is 2.14. The lowest BCUT2D eigenvalue weighted by Gasteiger charge is -2.09. The van der Waals surface area contributed by atoms with Gasteiger partial charge in [0.1, 0.15) is 0 Å². The normalized spacial score (nSPS) is 11.4. The van der Waals surface area contributed by atoms with Crippen LogP contribution in [0, 0.1) is 0 Å². The molecule has 0 fully saturated rings. The molecular formula is C24H24N4O2S. The number of sulfonamides is 1. The van der Waals surface area contributed by atoms with E-state index in [1.165, 1.54) is 17.7 Å². The van der Waals surface area contributed by atoms with Crippen molar-refractivity contribution in [3.05, 3.63) is 96.2 Å². The molecule has 0 unspecified atom stereocenters. The van der Waals surface area contributed by atoms with Gasteiger partial charge in [-0.2, -0.15) is 5.10 Å². The maximum atomic E-state index is 11.6. The minimum atomic E-state index is -3.75. The molecule has 0 bridgehead atoms. The van der Waals surface area contributed by atoms with Crippen LogP contribution in [0.5, 0.6) is 0 Å². The fourth-order valence-electron chi connectivity index (χ4n) is 3.36. The van der Waals surface area contributed by atoms with E-state index in [2.05, 4.69) is 36.5 Å². The quantitative estimate of drug-likeness (QED) is 0.454. The van der Waals surface area contributed by atoms with Gasteiger partial charge in [-0.05, 0) is 54.4 Å². The highest BCUT2D eigenvalue weighted by atomic mass is 32.2. The van der Waals surface area contributed by atoms with E-state index in [0.717, 1.165) is 34.7 Å². The van der Waals surface area contributed by atoms with Crippen LogP contribution in [0.3, 0.4) is 0 Å². The predicted octanol–water partition coefficient (Wildman–Crippen LogP) is 4.36. The fraction of sp³-hybridized carbons (Fsp3) is 0.125. The van der Waals surface area contributed by atoms with Crippen molar-refractivity contribution in [1.29, 1.82) is 0 Å². The first-order chi connectivity index (χ1) is 14.9. The van der Waals surface area contributed by atoms with Crippen LogP contribution in [0.15, 0.2) is 89.8 Å². The summed E-state index contributed by atoms with van der Waals surface area (Å²) >= 11 is 0. The van der Waals surface area contributed by atoms with E-state index < -0.39 is 10.0 Å². The minimum Gasteiger partial charge on any atom is -0.379 e. The molecule has 0 amide bonds. The molecule has 0 atom stereocenters. The van der Waals surface area contributed by atoms with Crippen LogP contribution in [0.4, 0.5) is 5.69 Å². The van der Waals surface area contributed by atoms with Crippen molar-refractivity contribution in [2.75, 3.05) is 5.32 Å². The molecule has 4 rings (SSSR count). The Morgan fingerprint density at radius 2 is 1.61 bits per heavy atom. The number of hydrogen-bond acceptors (Lipinski definition) is 4. The highest BCUT2D eigenvalue weighted by Crippen LogP contribution is 2.26. The lowest BCUT2D eigenvalue weighted by molar-refractivity contribution is 0.598. The van der Waals surface area contributed by atoms with Gasteiger partial charge in [-0.1, -0.05) is 49.4 Å². The second kappa shape index (κ2) is 8.75. The van der Waals surface area contributed by atoms with E-state index in [1.54, 1.807) is 12.1 Å². The number of nitrogens with two attached hydrogens (primary N) is 1. The maximum Gasteiger partial charge on any atom is 0.238 e. The van der Waals surface area contributed by atoms with Gasteiger partial charge in [-0.15, -0.1) is 0 Å². The first kappa shape index (κ1) is 20.8. The number of aromatic nitrogens is 2. The first-order valence-corrected chi connectivity index (χ1v) is 11.6. The Kier molecular flexibility index (Phi) is 5.88. The topological polar surface area (TPSA) is 90.0 Å². The summed E-state index contributed by atoms with van der Waals surface area (Å²) in [6.45, 7) is 2.69. The number of aryl methyl sites for hydroxylation is 1. The van der Waals surface area contributed by atoms with Crippen LogP contribution in [0.25, 0.3) is 16.9 Å². The van der Waals surface area contributed by atoms with Crippen LogP contribution in [0.1, 0.15) is 18.2 Å². The number of anilines is 1. The van der Waals surface area contributed by atoms with Crippen molar-refractivity contribution in [3.63, 3.8) is 0 Å². The highest BCUT2D eigenvalue weighted by molar-refractivity contribution is 7.89. The van der Waals surface area contributed by atoms with E-state index in [1.807, 2.05) is 41.1 Å². The van der Waals surface area contributed by atoms with Crippen molar-refractivity contribution in [2.24, 2.45) is 5.14 Å². The predicted molar refractivity (Wildman–Crippen MR) is 124 cm³/mol. The van der Waals surface area contributed by atoms with Gasteiger partial charge in [0.25, 0.3) is 0 Å². The summed E-state index contributed by atoms with van der Waals surface area (Å²) in [5.74, 6) is 0. The van der Waals surface area contributed by atoms with Crippen LogP contribution in [-0.2, 0) is 23.0 Å². The third kappa shape index (κ3) is 4.84. The second-order valence-electron chi connectivity index (χ2n) is 7.24. The molecule has 0 aliphatic heterocycles. The van der Waals surface area contributed by atoms with E-state index in [-0.39, 0.29) is 4.90 Å². The summed E-state index contributed by atoms with van der Waals surface area (Å²) in [5, 5.41) is 13.4. The molecule has 0 spiro atoms. The molecule has 7 heteroatoms. The summed E-state index contributed by atoms with van der Waals surface area (Å²) in [7, 11) is -3.75. The van der Waals surface area contributed by atoms with Gasteiger partial charge in [0.05, 0.1) is 28.5 Å². The summed E-state index contributed by atoms with van der Waals surface area (Å²) in [6, 6.07) is 26.8. The number of hydrogen-bond donors (Lipinski definition) is 2. The molecule has 3 aromatic carbocycles. The molecule has 6 nitrogen and oxygen atoms in total. The number of para-hydroxylation sites is 1. The Morgan fingerprint density at radius 3 is 2.23 bits per heavy atom. The zero-order chi connectivity index (χ0) is 21.8. The number of primary sulfonamides is 1. The van der Waals surface area contributed by atoms with Crippen molar-refractivity contribution in [3.8, 4) is 16.9 Å². The Hall–Kier alpha value is -3.42. The average Bonchev–Trinajstić information content (AvgIpc) is 3.22. The van der Waals surface area contributed by atoms with Crippen molar-refractivity contribution < 1.29 is 8.42 Å². The van der Waals surface area contributed by atoms with Gasteiger partial charge >= 0.3 is 0 Å². The Morgan fingerprint density at radius 1 is 0.935 bits per heavy atom. The molecule has 4 aromatic rings. The lowest BCUT2D eigenvalue weighted by Crippen LogP contribution is -2.12. The van der Waals surface area contributed by atoms with Crippen molar-refractivity contribution in [1.82, 2.24) is 9.78 Å². The molecular weight excluding hydrogens is 408 g/mol. The summed E-state index contributed by atoms with van der Waals surface area (Å²) in [4.78, 5) is 0.0724. The van der Waals surface area contributed by atoms with Crippen LogP contribution in [0.2, 0.25) is 0 Å². The molecule has 1 aromatic heterocycles. The Bertz CT molecular complexity index is 1260. The van der Waals surface area contributed by atoms with Gasteiger partial charge in [-0.3, -0.25) is 0 Å². The molecule has 0 saturated heterocycles. The Labute approximate surface area is 182 Å². The second-order valence-corrected chi connectivity index (χ2v) is 8.80. The van der Waals surface area contributed by atoms with Gasteiger partial charge in [-0.25, -0.2) is 18.2 Å². The average molecular weight is 433 g/mol. The molecule has 158 valence electrons. The number of nitrogens with zero attached hydrogens (tertiary/aromatic N) is 2. The molecule has 0 radical (unpaired) electrons. The number of rotatable bonds is 7. The smallest absolute Gasteiger partial charge is 0.238 e. The molecule has 0 aliphatic carbocycles. The molecule has 0 saturated carbocycles. The third-order valence-electron chi connectivity index (χ3n) is 5.08. The van der Waals surface area contributed by atoms with E-state index in [9.17, 15) is 8.42 Å². The lowest BCUT2D eigenvalue weighted by atomic mass is 10.1. The van der Waals surface area contributed by atoms with Crippen LogP contribution in [-0.4, -0.2) is 18.2 Å². The zero-order valence-electron chi connectivity index (χ0n) is 17.2. The van der Waals surface area contributed by atoms with Crippen molar-refractivity contribution >= 4 is 15.7 Å². The zero-order valence-corrected chi connectivity index (χ0v) is 18.0. The molecule has 3 N–H and O–H groups in total. The minimum absolute atomic E-state index is 0.0724. The van der Waals surface area contributed by atoms with E-state index >= 15 is 0 Å². The maximum absolute atomic E-state index is 11.6. The Balaban J connectivity index is 1.71. The number of nitrogens with one attached hydrogen (secondary N) is 1. The monoisotopic (exact) mass is 432 g/mol. The van der Waals surface area contributed by atoms with Gasteiger partial charge in [0.2, 0.25) is 10.0 Å². The SMILES string of the molecule is CCc1ccc(-c2cc(CNc3ccccc3)nn2-c2ccc(S(N)(=O)=O)cc2)cc1. The summed E-state index contributed by atoms with van der Waals surface area (Å²) in [6.07, 6.45) is 0.973. The fourth-order valence-corrected chi connectivity index (χ4v) is 3.87. The third-order valence-corrected chi connectivity index (χ3v) is 6.00.